The van der Waals surface area contributed by atoms with Crippen LogP contribution in [0.5, 0.6) is 0 Å². The first-order valence-electron chi connectivity index (χ1n) is 6.77. The predicted molar refractivity (Wildman–Crippen MR) is 70.4 cm³/mol. The Labute approximate surface area is 103 Å². The number of hydrogen-bond donors (Lipinski definition) is 0. The molecule has 0 bridgehead atoms. The van der Waals surface area contributed by atoms with Gasteiger partial charge in [0.15, 0.2) is 0 Å². The Bertz CT molecular complexity index is 193. The maximum absolute atomic E-state index is 3.90. The summed E-state index contributed by atoms with van der Waals surface area (Å²) in [4.78, 5) is 0.760. The highest BCUT2D eigenvalue weighted by Crippen LogP contribution is 2.51. The monoisotopic (exact) mass is 272 g/mol. The van der Waals surface area contributed by atoms with Crippen LogP contribution in [0.2, 0.25) is 0 Å². The Balaban J connectivity index is 1.86. The lowest BCUT2D eigenvalue weighted by molar-refractivity contribution is 0.148. The molecule has 0 N–H and O–H groups in total. The number of halogens is 1. The third-order valence-electron chi connectivity index (χ3n) is 4.84. The fraction of sp³-hybridized carbons (Fsp3) is 1.00. The van der Waals surface area contributed by atoms with Gasteiger partial charge in [0.1, 0.15) is 0 Å². The average molecular weight is 273 g/mol. The van der Waals surface area contributed by atoms with Crippen LogP contribution in [-0.2, 0) is 0 Å². The second-order valence-electron chi connectivity index (χ2n) is 6.23. The molecule has 0 aromatic rings. The Morgan fingerprint density at radius 1 is 1.00 bits per heavy atom. The minimum Gasteiger partial charge on any atom is -0.0885 e. The van der Waals surface area contributed by atoms with Crippen LogP contribution >= 0.6 is 15.9 Å². The zero-order chi connectivity index (χ0) is 10.9. The van der Waals surface area contributed by atoms with E-state index >= 15 is 0 Å². The van der Waals surface area contributed by atoms with Crippen LogP contribution in [0.25, 0.3) is 0 Å². The van der Waals surface area contributed by atoms with E-state index in [-0.39, 0.29) is 0 Å². The van der Waals surface area contributed by atoms with Crippen molar-refractivity contribution in [3.05, 3.63) is 0 Å². The van der Waals surface area contributed by atoms with Gasteiger partial charge in [0, 0.05) is 4.83 Å². The van der Waals surface area contributed by atoms with E-state index < -0.39 is 0 Å². The fourth-order valence-electron chi connectivity index (χ4n) is 3.74. The van der Waals surface area contributed by atoms with Crippen molar-refractivity contribution in [2.45, 2.75) is 70.0 Å². The Morgan fingerprint density at radius 2 is 1.53 bits per heavy atom. The minimum atomic E-state index is 0.760. The van der Waals surface area contributed by atoms with E-state index in [0.717, 1.165) is 22.1 Å². The molecule has 0 aromatic carbocycles. The van der Waals surface area contributed by atoms with E-state index in [1.807, 2.05) is 0 Å². The van der Waals surface area contributed by atoms with Crippen LogP contribution in [0.15, 0.2) is 0 Å². The van der Waals surface area contributed by atoms with Crippen LogP contribution < -0.4 is 0 Å². The van der Waals surface area contributed by atoms with Gasteiger partial charge in [-0.1, -0.05) is 42.6 Å². The molecule has 2 saturated carbocycles. The molecule has 2 aliphatic carbocycles. The van der Waals surface area contributed by atoms with Crippen molar-refractivity contribution in [1.82, 2.24) is 0 Å². The number of hydrogen-bond acceptors (Lipinski definition) is 0. The van der Waals surface area contributed by atoms with Gasteiger partial charge in [-0.2, -0.15) is 0 Å². The van der Waals surface area contributed by atoms with Crippen LogP contribution in [0.4, 0.5) is 0 Å². The average Bonchev–Trinajstić information content (AvgIpc) is 2.67. The van der Waals surface area contributed by atoms with Crippen molar-refractivity contribution in [2.75, 3.05) is 0 Å². The Morgan fingerprint density at radius 3 is 2.00 bits per heavy atom. The summed E-state index contributed by atoms with van der Waals surface area (Å²) in [7, 11) is 0. The van der Waals surface area contributed by atoms with Crippen molar-refractivity contribution >= 4 is 15.9 Å². The van der Waals surface area contributed by atoms with E-state index in [0.29, 0.717) is 0 Å². The minimum absolute atomic E-state index is 0.760. The topological polar surface area (TPSA) is 0 Å². The molecule has 1 spiro atoms. The molecule has 0 saturated heterocycles. The quantitative estimate of drug-likeness (QED) is 0.610. The molecule has 2 rings (SSSR count). The molecule has 0 aliphatic heterocycles. The lowest BCUT2D eigenvalue weighted by Gasteiger charge is -2.39. The predicted octanol–water partition coefficient (Wildman–Crippen LogP) is 5.16. The van der Waals surface area contributed by atoms with Crippen LogP contribution in [-0.4, -0.2) is 4.83 Å². The van der Waals surface area contributed by atoms with Crippen LogP contribution in [0.1, 0.15) is 65.2 Å². The molecule has 0 radical (unpaired) electrons. The van der Waals surface area contributed by atoms with Gasteiger partial charge in [-0.05, 0) is 55.8 Å². The molecule has 0 heterocycles. The Hall–Kier alpha value is 0.480. The largest absolute Gasteiger partial charge is 0.0885 e. The molecule has 88 valence electrons. The SMILES string of the molecule is CC(C)C(Br)C1CCC2(CCCC2)CC1. The molecular weight excluding hydrogens is 248 g/mol. The summed E-state index contributed by atoms with van der Waals surface area (Å²) in [5.41, 5.74) is 0.806. The number of alkyl halides is 1. The third-order valence-corrected chi connectivity index (χ3v) is 6.65. The van der Waals surface area contributed by atoms with Crippen molar-refractivity contribution in [2.24, 2.45) is 17.3 Å². The molecular formula is C14H25Br. The summed E-state index contributed by atoms with van der Waals surface area (Å²) in [6.45, 7) is 4.69. The van der Waals surface area contributed by atoms with Gasteiger partial charge in [-0.3, -0.25) is 0 Å². The van der Waals surface area contributed by atoms with Gasteiger partial charge in [0.05, 0.1) is 0 Å². The number of rotatable bonds is 2. The second kappa shape index (κ2) is 4.77. The molecule has 0 aromatic heterocycles. The standard InChI is InChI=1S/C14H25Br/c1-11(2)13(15)12-5-9-14(10-6-12)7-3-4-8-14/h11-13H,3-10H2,1-2H3. The third kappa shape index (κ3) is 2.60. The first-order chi connectivity index (χ1) is 7.13. The lowest BCUT2D eigenvalue weighted by atomic mass is 9.68. The molecule has 15 heavy (non-hydrogen) atoms. The Kier molecular flexibility index (Phi) is 3.80. The summed E-state index contributed by atoms with van der Waals surface area (Å²) < 4.78 is 0. The van der Waals surface area contributed by atoms with Crippen LogP contribution in [0, 0.1) is 17.3 Å². The van der Waals surface area contributed by atoms with Crippen LogP contribution in [0.3, 0.4) is 0 Å². The highest BCUT2D eigenvalue weighted by Gasteiger charge is 2.39. The zero-order valence-corrected chi connectivity index (χ0v) is 11.9. The fourth-order valence-corrected chi connectivity index (χ4v) is 4.27. The van der Waals surface area contributed by atoms with Gasteiger partial charge in [0.2, 0.25) is 0 Å². The maximum Gasteiger partial charge on any atom is 0.0197 e. The van der Waals surface area contributed by atoms with E-state index in [4.69, 9.17) is 0 Å². The molecule has 2 fully saturated rings. The summed E-state index contributed by atoms with van der Waals surface area (Å²) in [5, 5.41) is 0. The second-order valence-corrected chi connectivity index (χ2v) is 7.29. The first kappa shape index (κ1) is 12.0. The summed E-state index contributed by atoms with van der Waals surface area (Å²) >= 11 is 3.90. The zero-order valence-electron chi connectivity index (χ0n) is 10.3. The maximum atomic E-state index is 3.90. The lowest BCUT2D eigenvalue weighted by Crippen LogP contribution is -2.30. The highest BCUT2D eigenvalue weighted by atomic mass is 79.9. The van der Waals surface area contributed by atoms with Gasteiger partial charge in [-0.15, -0.1) is 0 Å². The van der Waals surface area contributed by atoms with Gasteiger partial charge in [0.25, 0.3) is 0 Å². The molecule has 0 nitrogen and oxygen atoms in total. The normalized spacial score (nSPS) is 28.8. The van der Waals surface area contributed by atoms with E-state index in [9.17, 15) is 0 Å². The molecule has 2 aliphatic rings. The molecule has 1 unspecified atom stereocenters. The molecule has 0 amide bonds. The molecule has 1 heteroatoms. The van der Waals surface area contributed by atoms with Gasteiger partial charge >= 0.3 is 0 Å². The van der Waals surface area contributed by atoms with Crippen molar-refractivity contribution in [1.29, 1.82) is 0 Å². The summed E-state index contributed by atoms with van der Waals surface area (Å²) in [6, 6.07) is 0. The van der Waals surface area contributed by atoms with Gasteiger partial charge < -0.3 is 0 Å². The first-order valence-corrected chi connectivity index (χ1v) is 7.69. The summed E-state index contributed by atoms with van der Waals surface area (Å²) in [6.07, 6.45) is 12.1. The smallest absolute Gasteiger partial charge is 0.0197 e. The summed E-state index contributed by atoms with van der Waals surface area (Å²) in [5.74, 6) is 1.75. The van der Waals surface area contributed by atoms with E-state index in [1.165, 1.54) is 51.4 Å². The van der Waals surface area contributed by atoms with Crippen molar-refractivity contribution < 1.29 is 0 Å². The van der Waals surface area contributed by atoms with E-state index in [1.54, 1.807) is 0 Å². The van der Waals surface area contributed by atoms with Crippen molar-refractivity contribution in [3.8, 4) is 0 Å². The van der Waals surface area contributed by atoms with E-state index in [2.05, 4.69) is 29.8 Å². The molecule has 1 atom stereocenters. The highest BCUT2D eigenvalue weighted by molar-refractivity contribution is 9.09. The van der Waals surface area contributed by atoms with Crippen molar-refractivity contribution in [3.63, 3.8) is 0 Å². The van der Waals surface area contributed by atoms with Gasteiger partial charge in [-0.25, -0.2) is 0 Å².